The normalized spacial score (nSPS) is 15.5. The van der Waals surface area contributed by atoms with Gasteiger partial charge in [0.15, 0.2) is 0 Å². The van der Waals surface area contributed by atoms with Gasteiger partial charge in [-0.1, -0.05) is 24.1 Å². The van der Waals surface area contributed by atoms with Gasteiger partial charge >= 0.3 is 0 Å². The van der Waals surface area contributed by atoms with Crippen molar-refractivity contribution in [3.63, 3.8) is 0 Å². The summed E-state index contributed by atoms with van der Waals surface area (Å²) in [6.45, 7) is 4.38. The minimum atomic E-state index is -0.00276. The second-order valence-corrected chi connectivity index (χ2v) is 6.28. The summed E-state index contributed by atoms with van der Waals surface area (Å²) in [4.78, 5) is 27.8. The molecule has 2 amide bonds. The van der Waals surface area contributed by atoms with Crippen LogP contribution < -0.4 is 5.32 Å². The monoisotopic (exact) mass is 327 g/mol. The number of anilines is 1. The van der Waals surface area contributed by atoms with E-state index in [0.29, 0.717) is 13.1 Å². The van der Waals surface area contributed by atoms with Gasteiger partial charge in [-0.2, -0.15) is 0 Å². The molecule has 0 unspecified atom stereocenters. The number of carbonyl (C=O) groups excluding carboxylic acids is 2. The Morgan fingerprint density at radius 2 is 2.00 bits per heavy atom. The Bertz CT molecular complexity index is 628. The Labute approximate surface area is 144 Å². The molecule has 0 aromatic heterocycles. The lowest BCUT2D eigenvalue weighted by atomic mass is 9.95. The molecule has 1 fully saturated rings. The van der Waals surface area contributed by atoms with Crippen molar-refractivity contribution in [1.82, 2.24) is 9.80 Å². The van der Waals surface area contributed by atoms with Gasteiger partial charge in [0.1, 0.15) is 0 Å². The zero-order valence-electron chi connectivity index (χ0n) is 14.4. The van der Waals surface area contributed by atoms with Crippen molar-refractivity contribution in [3.05, 3.63) is 29.8 Å². The van der Waals surface area contributed by atoms with E-state index < -0.39 is 0 Å². The van der Waals surface area contributed by atoms with Crippen LogP contribution in [-0.2, 0) is 16.1 Å². The van der Waals surface area contributed by atoms with Crippen LogP contribution in [-0.4, -0.2) is 48.3 Å². The molecule has 24 heavy (non-hydrogen) atoms. The Morgan fingerprint density at radius 3 is 2.62 bits per heavy atom. The van der Waals surface area contributed by atoms with Gasteiger partial charge < -0.3 is 10.2 Å². The van der Waals surface area contributed by atoms with Crippen molar-refractivity contribution in [2.75, 3.05) is 32.0 Å². The van der Waals surface area contributed by atoms with Crippen LogP contribution in [0.15, 0.2) is 24.3 Å². The van der Waals surface area contributed by atoms with E-state index >= 15 is 0 Å². The molecule has 0 spiro atoms. The number of benzene rings is 1. The molecule has 0 aliphatic carbocycles. The molecule has 128 valence electrons. The highest BCUT2D eigenvalue weighted by molar-refractivity contribution is 5.93. The smallest absolute Gasteiger partial charge is 0.227 e. The topological polar surface area (TPSA) is 52.7 Å². The van der Waals surface area contributed by atoms with Crippen molar-refractivity contribution in [3.8, 4) is 12.3 Å². The number of rotatable bonds is 5. The SMILES string of the molecule is C#CCN1CCC(C(=O)Nc2ccccc2CN(C)C(C)=O)CC1. The molecule has 0 saturated carbocycles. The molecule has 0 atom stereocenters. The largest absolute Gasteiger partial charge is 0.342 e. The molecule has 1 aromatic rings. The number of hydrogen-bond acceptors (Lipinski definition) is 3. The van der Waals surface area contributed by atoms with Crippen molar-refractivity contribution in [2.45, 2.75) is 26.3 Å². The number of amides is 2. The minimum absolute atomic E-state index is 0.00276. The van der Waals surface area contributed by atoms with E-state index in [1.165, 1.54) is 6.92 Å². The van der Waals surface area contributed by atoms with Crippen molar-refractivity contribution in [2.24, 2.45) is 5.92 Å². The Hall–Kier alpha value is -2.32. The van der Waals surface area contributed by atoms with E-state index in [1.54, 1.807) is 11.9 Å². The van der Waals surface area contributed by atoms with Gasteiger partial charge in [-0.05, 0) is 37.6 Å². The van der Waals surface area contributed by atoms with E-state index in [0.717, 1.165) is 37.2 Å². The predicted molar refractivity (Wildman–Crippen MR) is 95.2 cm³/mol. The second kappa shape index (κ2) is 8.51. The summed E-state index contributed by atoms with van der Waals surface area (Å²) in [6.07, 6.45) is 6.98. The van der Waals surface area contributed by atoms with Crippen LogP contribution in [0.5, 0.6) is 0 Å². The lowest BCUT2D eigenvalue weighted by Crippen LogP contribution is -2.38. The van der Waals surface area contributed by atoms with Crippen LogP contribution >= 0.6 is 0 Å². The van der Waals surface area contributed by atoms with E-state index in [1.807, 2.05) is 24.3 Å². The maximum absolute atomic E-state index is 12.6. The minimum Gasteiger partial charge on any atom is -0.342 e. The molecular formula is C19H25N3O2. The number of terminal acetylenes is 1. The van der Waals surface area contributed by atoms with E-state index in [-0.39, 0.29) is 17.7 Å². The van der Waals surface area contributed by atoms with E-state index in [2.05, 4.69) is 16.1 Å². The second-order valence-electron chi connectivity index (χ2n) is 6.28. The molecule has 1 aromatic carbocycles. The third-order valence-corrected chi connectivity index (χ3v) is 4.49. The molecular weight excluding hydrogens is 302 g/mol. The third kappa shape index (κ3) is 4.84. The molecule has 1 aliphatic rings. The average Bonchev–Trinajstić information content (AvgIpc) is 2.57. The first-order valence-corrected chi connectivity index (χ1v) is 8.27. The number of nitrogens with one attached hydrogen (secondary N) is 1. The van der Waals surface area contributed by atoms with Gasteiger partial charge in [0.05, 0.1) is 6.54 Å². The number of likely N-dealkylation sites (tertiary alicyclic amines) is 1. The van der Waals surface area contributed by atoms with Gasteiger partial charge in [0.25, 0.3) is 0 Å². The molecule has 1 N–H and O–H groups in total. The van der Waals surface area contributed by atoms with Crippen molar-refractivity contribution >= 4 is 17.5 Å². The van der Waals surface area contributed by atoms with Crippen LogP contribution in [0.3, 0.4) is 0 Å². The van der Waals surface area contributed by atoms with Crippen LogP contribution in [0.4, 0.5) is 5.69 Å². The summed E-state index contributed by atoms with van der Waals surface area (Å²) in [5.41, 5.74) is 1.72. The molecule has 2 rings (SSSR count). The summed E-state index contributed by atoms with van der Waals surface area (Å²) in [6, 6.07) is 7.62. The van der Waals surface area contributed by atoms with Crippen molar-refractivity contribution < 1.29 is 9.59 Å². The number of nitrogens with zero attached hydrogens (tertiary/aromatic N) is 2. The zero-order chi connectivity index (χ0) is 17.5. The summed E-state index contributed by atoms with van der Waals surface area (Å²) in [5.74, 6) is 2.71. The number of para-hydroxylation sites is 1. The van der Waals surface area contributed by atoms with Gasteiger partial charge in [0.2, 0.25) is 11.8 Å². The average molecular weight is 327 g/mol. The van der Waals surface area contributed by atoms with Gasteiger partial charge in [0, 0.05) is 32.1 Å². The fourth-order valence-corrected chi connectivity index (χ4v) is 2.86. The third-order valence-electron chi connectivity index (χ3n) is 4.49. The Kier molecular flexibility index (Phi) is 6.39. The molecule has 0 radical (unpaired) electrons. The first-order valence-electron chi connectivity index (χ1n) is 8.27. The van der Waals surface area contributed by atoms with Crippen molar-refractivity contribution in [1.29, 1.82) is 0 Å². The maximum atomic E-state index is 12.6. The van der Waals surface area contributed by atoms with E-state index in [4.69, 9.17) is 6.42 Å². The van der Waals surface area contributed by atoms with Crippen LogP contribution in [0, 0.1) is 18.3 Å². The molecule has 1 heterocycles. The van der Waals surface area contributed by atoms with Gasteiger partial charge in [-0.3, -0.25) is 14.5 Å². The van der Waals surface area contributed by atoms with E-state index in [9.17, 15) is 9.59 Å². The van der Waals surface area contributed by atoms with Crippen LogP contribution in [0.25, 0.3) is 0 Å². The van der Waals surface area contributed by atoms with Crippen LogP contribution in [0.1, 0.15) is 25.3 Å². The standard InChI is InChI=1S/C19H25N3O2/c1-4-11-22-12-9-16(10-13-22)19(24)20-18-8-6-5-7-17(18)14-21(3)15(2)23/h1,5-8,16H,9-14H2,2-3H3,(H,20,24). The summed E-state index contributed by atoms with van der Waals surface area (Å²) in [7, 11) is 1.75. The zero-order valence-corrected chi connectivity index (χ0v) is 14.4. The molecule has 1 aliphatic heterocycles. The highest BCUT2D eigenvalue weighted by atomic mass is 16.2. The quantitative estimate of drug-likeness (QED) is 0.841. The van der Waals surface area contributed by atoms with Gasteiger partial charge in [-0.15, -0.1) is 6.42 Å². The predicted octanol–water partition coefficient (Wildman–Crippen LogP) is 1.95. The summed E-state index contributed by atoms with van der Waals surface area (Å²) >= 11 is 0. The first-order chi connectivity index (χ1) is 11.5. The summed E-state index contributed by atoms with van der Waals surface area (Å²) in [5, 5.41) is 3.04. The number of hydrogen-bond donors (Lipinski definition) is 1. The number of piperidine rings is 1. The summed E-state index contributed by atoms with van der Waals surface area (Å²) < 4.78 is 0. The Balaban J connectivity index is 1.97. The molecule has 5 heteroatoms. The van der Waals surface area contributed by atoms with Crippen LogP contribution in [0.2, 0.25) is 0 Å². The maximum Gasteiger partial charge on any atom is 0.227 e. The fraction of sp³-hybridized carbons (Fsp3) is 0.474. The first kappa shape index (κ1) is 18.0. The lowest BCUT2D eigenvalue weighted by Gasteiger charge is -2.30. The molecule has 5 nitrogen and oxygen atoms in total. The fourth-order valence-electron chi connectivity index (χ4n) is 2.86. The molecule has 0 bridgehead atoms. The number of carbonyl (C=O) groups is 2. The highest BCUT2D eigenvalue weighted by Crippen LogP contribution is 2.22. The highest BCUT2D eigenvalue weighted by Gasteiger charge is 2.25. The Morgan fingerprint density at radius 1 is 1.33 bits per heavy atom. The van der Waals surface area contributed by atoms with Gasteiger partial charge in [-0.25, -0.2) is 0 Å². The lowest BCUT2D eigenvalue weighted by molar-refractivity contribution is -0.128. The molecule has 1 saturated heterocycles.